The van der Waals surface area contributed by atoms with Gasteiger partial charge in [-0.25, -0.2) is 13.9 Å². The van der Waals surface area contributed by atoms with Crippen LogP contribution in [-0.4, -0.2) is 30.2 Å². The third-order valence-corrected chi connectivity index (χ3v) is 8.90. The van der Waals surface area contributed by atoms with Crippen molar-refractivity contribution < 1.29 is 22.5 Å². The number of hydrogen-bond acceptors (Lipinski definition) is 5. The van der Waals surface area contributed by atoms with Crippen molar-refractivity contribution in [1.82, 2.24) is 14.7 Å². The molecule has 3 atom stereocenters. The fraction of sp³-hybridized carbons (Fsp3) is 0.308. The van der Waals surface area contributed by atoms with Crippen LogP contribution in [0.2, 0.25) is 5.02 Å². The standard InChI is InChI=1S/C26H25ClF3N3O2S2/c1-24(2,3)37(35)33-21(16-8-5-6-10-18(16)27)23-32-19-11-7-9-17(22(19)36-23)20-14-15(12-13-31-20)25(4,34)26(28,29)30/h5-14,21,33-34H,1-4H3/t21?,25-,37?/m0/s1. The van der Waals surface area contributed by atoms with E-state index in [2.05, 4.69) is 9.71 Å². The van der Waals surface area contributed by atoms with Crippen LogP contribution in [0.15, 0.2) is 60.8 Å². The number of thiazole rings is 1. The van der Waals surface area contributed by atoms with Crippen molar-refractivity contribution in [3.8, 4) is 11.3 Å². The zero-order valence-electron chi connectivity index (χ0n) is 20.4. The summed E-state index contributed by atoms with van der Waals surface area (Å²) in [7, 11) is -1.45. The summed E-state index contributed by atoms with van der Waals surface area (Å²) in [6.07, 6.45) is -3.61. The first kappa shape index (κ1) is 27.7. The van der Waals surface area contributed by atoms with Crippen LogP contribution in [-0.2, 0) is 16.6 Å². The Morgan fingerprint density at radius 2 is 1.76 bits per heavy atom. The van der Waals surface area contributed by atoms with E-state index in [-0.39, 0.29) is 11.3 Å². The predicted molar refractivity (Wildman–Crippen MR) is 143 cm³/mol. The Morgan fingerprint density at radius 1 is 1.05 bits per heavy atom. The predicted octanol–water partition coefficient (Wildman–Crippen LogP) is 6.92. The van der Waals surface area contributed by atoms with Crippen LogP contribution in [0.5, 0.6) is 0 Å². The number of halogens is 4. The number of nitrogens with zero attached hydrogens (tertiary/aromatic N) is 2. The van der Waals surface area contributed by atoms with E-state index in [0.29, 0.717) is 38.3 Å². The Morgan fingerprint density at radius 3 is 2.41 bits per heavy atom. The zero-order chi connectivity index (χ0) is 27.2. The molecule has 0 saturated carbocycles. The summed E-state index contributed by atoms with van der Waals surface area (Å²) in [6, 6.07) is 14.3. The second kappa shape index (κ2) is 10.1. The molecule has 4 rings (SSSR count). The van der Waals surface area contributed by atoms with Crippen LogP contribution in [0.1, 0.15) is 49.9 Å². The highest BCUT2D eigenvalue weighted by Crippen LogP contribution is 2.41. The van der Waals surface area contributed by atoms with Crippen molar-refractivity contribution in [2.75, 3.05) is 0 Å². The number of alkyl halides is 3. The largest absolute Gasteiger partial charge is 0.421 e. The number of rotatable bonds is 6. The number of aromatic nitrogens is 2. The van der Waals surface area contributed by atoms with E-state index in [4.69, 9.17) is 16.6 Å². The molecule has 0 spiro atoms. The maximum atomic E-state index is 13.5. The molecule has 2 aromatic carbocycles. The van der Waals surface area contributed by atoms with Crippen LogP contribution in [0.25, 0.3) is 21.5 Å². The van der Waals surface area contributed by atoms with Gasteiger partial charge in [-0.05, 0) is 63.1 Å². The quantitative estimate of drug-likeness (QED) is 0.265. The molecule has 0 saturated heterocycles. The first-order valence-corrected chi connectivity index (χ1v) is 13.6. The lowest BCUT2D eigenvalue weighted by Gasteiger charge is -2.26. The third kappa shape index (κ3) is 5.58. The smallest absolute Gasteiger partial charge is 0.376 e. The maximum Gasteiger partial charge on any atom is 0.421 e. The molecular formula is C26H25ClF3N3O2S2. The summed E-state index contributed by atoms with van der Waals surface area (Å²) in [6.45, 7) is 6.27. The van der Waals surface area contributed by atoms with Gasteiger partial charge in [0.05, 0.1) is 37.7 Å². The number of hydrogen-bond donors (Lipinski definition) is 2. The summed E-state index contributed by atoms with van der Waals surface area (Å²) >= 11 is 7.81. The summed E-state index contributed by atoms with van der Waals surface area (Å²) in [5, 5.41) is 11.2. The van der Waals surface area contributed by atoms with Gasteiger partial charge >= 0.3 is 6.18 Å². The van der Waals surface area contributed by atoms with Crippen molar-refractivity contribution in [1.29, 1.82) is 0 Å². The SMILES string of the molecule is CC(C)(C)S(=O)NC(c1nc2cccc(-c3cc([C@](C)(O)C(F)(F)F)ccn3)c2s1)c1ccccc1Cl. The van der Waals surface area contributed by atoms with Crippen molar-refractivity contribution in [3.05, 3.63) is 82.0 Å². The lowest BCUT2D eigenvalue weighted by atomic mass is 9.94. The van der Waals surface area contributed by atoms with Gasteiger partial charge in [0.25, 0.3) is 0 Å². The lowest BCUT2D eigenvalue weighted by molar-refractivity contribution is -0.258. The number of pyridine rings is 1. The second-order valence-electron chi connectivity index (χ2n) is 9.66. The first-order valence-electron chi connectivity index (χ1n) is 11.3. The number of benzene rings is 2. The highest BCUT2D eigenvalue weighted by Gasteiger charge is 2.51. The molecule has 0 aliphatic heterocycles. The van der Waals surface area contributed by atoms with Crippen LogP contribution < -0.4 is 4.72 Å². The third-order valence-electron chi connectivity index (χ3n) is 5.83. The van der Waals surface area contributed by atoms with Crippen LogP contribution in [0.4, 0.5) is 13.2 Å². The highest BCUT2D eigenvalue weighted by atomic mass is 35.5. The van der Waals surface area contributed by atoms with Gasteiger partial charge in [-0.1, -0.05) is 41.9 Å². The molecule has 2 aromatic heterocycles. The van der Waals surface area contributed by atoms with Crippen LogP contribution in [0.3, 0.4) is 0 Å². The number of fused-ring (bicyclic) bond motifs is 1. The van der Waals surface area contributed by atoms with E-state index in [9.17, 15) is 22.5 Å². The van der Waals surface area contributed by atoms with Crippen molar-refractivity contribution in [2.45, 2.75) is 50.3 Å². The normalized spacial score (nSPS) is 15.9. The molecule has 0 aliphatic rings. The fourth-order valence-electron chi connectivity index (χ4n) is 3.58. The molecule has 0 aliphatic carbocycles. The molecule has 37 heavy (non-hydrogen) atoms. The second-order valence-corrected chi connectivity index (χ2v) is 13.1. The Labute approximate surface area is 224 Å². The topological polar surface area (TPSA) is 75.1 Å². The molecular weight excluding hydrogens is 543 g/mol. The molecule has 4 aromatic rings. The van der Waals surface area contributed by atoms with Gasteiger partial charge in [0.15, 0.2) is 5.60 Å². The summed E-state index contributed by atoms with van der Waals surface area (Å²) in [4.78, 5) is 9.05. The van der Waals surface area contributed by atoms with Gasteiger partial charge in [0.2, 0.25) is 0 Å². The molecule has 0 amide bonds. The lowest BCUT2D eigenvalue weighted by Crippen LogP contribution is -2.39. The van der Waals surface area contributed by atoms with Gasteiger partial charge in [0, 0.05) is 16.8 Å². The Kier molecular flexibility index (Phi) is 7.53. The Bertz CT molecular complexity index is 1470. The monoisotopic (exact) mass is 567 g/mol. The van der Waals surface area contributed by atoms with E-state index in [1.807, 2.05) is 32.9 Å². The van der Waals surface area contributed by atoms with Gasteiger partial charge in [-0.15, -0.1) is 11.3 Å². The van der Waals surface area contributed by atoms with Gasteiger partial charge in [-0.3, -0.25) is 4.98 Å². The zero-order valence-corrected chi connectivity index (χ0v) is 22.8. The molecule has 5 nitrogen and oxygen atoms in total. The van der Waals surface area contributed by atoms with Crippen molar-refractivity contribution in [3.63, 3.8) is 0 Å². The first-order chi connectivity index (χ1) is 17.2. The summed E-state index contributed by atoms with van der Waals surface area (Å²) < 4.78 is 56.7. The van der Waals surface area contributed by atoms with E-state index in [0.717, 1.165) is 6.07 Å². The Hall–Kier alpha value is -2.37. The molecule has 196 valence electrons. The van der Waals surface area contributed by atoms with Crippen LogP contribution >= 0.6 is 22.9 Å². The number of nitrogens with one attached hydrogen (secondary N) is 1. The van der Waals surface area contributed by atoms with E-state index >= 15 is 0 Å². The van der Waals surface area contributed by atoms with E-state index < -0.39 is 33.6 Å². The number of aliphatic hydroxyl groups is 1. The molecule has 0 radical (unpaired) electrons. The van der Waals surface area contributed by atoms with Gasteiger partial charge in [-0.2, -0.15) is 13.2 Å². The van der Waals surface area contributed by atoms with E-state index in [1.54, 1.807) is 30.3 Å². The molecule has 2 unspecified atom stereocenters. The maximum absolute atomic E-state index is 13.5. The Balaban J connectivity index is 1.84. The van der Waals surface area contributed by atoms with Crippen LogP contribution in [0, 0.1) is 0 Å². The summed E-state index contributed by atoms with van der Waals surface area (Å²) in [5.41, 5.74) is -1.22. The van der Waals surface area contributed by atoms with Gasteiger partial charge < -0.3 is 5.11 Å². The minimum absolute atomic E-state index is 0.267. The molecule has 0 fully saturated rings. The minimum Gasteiger partial charge on any atom is -0.376 e. The highest BCUT2D eigenvalue weighted by molar-refractivity contribution is 7.84. The van der Waals surface area contributed by atoms with E-state index in [1.165, 1.54) is 23.6 Å². The fourth-order valence-corrected chi connectivity index (χ4v) is 5.86. The average Bonchev–Trinajstić information content (AvgIpc) is 3.26. The molecule has 2 N–H and O–H groups in total. The molecule has 11 heteroatoms. The van der Waals surface area contributed by atoms with Crippen molar-refractivity contribution in [2.24, 2.45) is 0 Å². The minimum atomic E-state index is -4.86. The van der Waals surface area contributed by atoms with Crippen molar-refractivity contribution >= 4 is 44.1 Å². The molecule has 2 heterocycles. The van der Waals surface area contributed by atoms with Gasteiger partial charge in [0.1, 0.15) is 5.01 Å². The summed E-state index contributed by atoms with van der Waals surface area (Å²) in [5.74, 6) is 0. The average molecular weight is 568 g/mol. The molecule has 0 bridgehead atoms.